The number of ketones is 1. The van der Waals surface area contributed by atoms with Gasteiger partial charge in [-0.2, -0.15) is 0 Å². The van der Waals surface area contributed by atoms with Gasteiger partial charge < -0.3 is 14.6 Å². The molecule has 164 valence electrons. The Balaban J connectivity index is 2.05. The van der Waals surface area contributed by atoms with E-state index >= 15 is 0 Å². The zero-order chi connectivity index (χ0) is 21.8. The number of carbonyl (C=O) groups is 3. The van der Waals surface area contributed by atoms with Gasteiger partial charge in [-0.3, -0.25) is 14.4 Å². The van der Waals surface area contributed by atoms with E-state index < -0.39 is 22.9 Å². The number of methoxy groups -OCH3 is 2. The lowest BCUT2D eigenvalue weighted by atomic mass is 9.42. The average Bonchev–Trinajstić information content (AvgIpc) is 2.68. The van der Waals surface area contributed by atoms with Crippen LogP contribution in [0, 0.1) is 40.4 Å². The summed E-state index contributed by atoms with van der Waals surface area (Å²) in [5.74, 6) is -2.42. The van der Waals surface area contributed by atoms with E-state index in [0.29, 0.717) is 12.8 Å². The topological polar surface area (TPSA) is 89.9 Å². The minimum Gasteiger partial charge on any atom is -0.469 e. The van der Waals surface area contributed by atoms with Crippen molar-refractivity contribution in [3.05, 3.63) is 0 Å². The zero-order valence-corrected chi connectivity index (χ0v) is 18.6. The number of hydrogen-bond acceptors (Lipinski definition) is 6. The maximum absolute atomic E-state index is 13.6. The summed E-state index contributed by atoms with van der Waals surface area (Å²) in [6, 6.07) is 0. The smallest absolute Gasteiger partial charge is 0.312 e. The lowest BCUT2D eigenvalue weighted by Crippen LogP contribution is -2.66. The Morgan fingerprint density at radius 3 is 2.31 bits per heavy atom. The predicted octanol–water partition coefficient (Wildman–Crippen LogP) is 3.15. The van der Waals surface area contributed by atoms with Crippen molar-refractivity contribution in [2.45, 2.75) is 71.8 Å². The van der Waals surface area contributed by atoms with Gasteiger partial charge in [-0.05, 0) is 62.2 Å². The molecule has 0 aromatic rings. The van der Waals surface area contributed by atoms with E-state index in [-0.39, 0.29) is 40.8 Å². The first-order valence-corrected chi connectivity index (χ1v) is 10.9. The van der Waals surface area contributed by atoms with Gasteiger partial charge in [0.1, 0.15) is 5.60 Å². The SMILES string of the molecule is COC(=O)C1CC2C(CCC3C(C)(C(=O)OC)CCCC23C)C(=O)C1(O)C(C)C. The van der Waals surface area contributed by atoms with Crippen molar-refractivity contribution in [3.8, 4) is 0 Å². The van der Waals surface area contributed by atoms with Crippen LogP contribution in [0.5, 0.6) is 0 Å². The molecule has 0 radical (unpaired) electrons. The van der Waals surface area contributed by atoms with Crippen LogP contribution in [-0.2, 0) is 23.9 Å². The Morgan fingerprint density at radius 2 is 1.76 bits per heavy atom. The number of hydrogen-bond donors (Lipinski definition) is 1. The molecule has 3 fully saturated rings. The van der Waals surface area contributed by atoms with Crippen LogP contribution in [0.15, 0.2) is 0 Å². The lowest BCUT2D eigenvalue weighted by Gasteiger charge is -2.62. The summed E-state index contributed by atoms with van der Waals surface area (Å²) < 4.78 is 10.2. The molecule has 0 aromatic carbocycles. The van der Waals surface area contributed by atoms with Crippen molar-refractivity contribution in [1.82, 2.24) is 0 Å². The van der Waals surface area contributed by atoms with Gasteiger partial charge in [-0.25, -0.2) is 0 Å². The van der Waals surface area contributed by atoms with E-state index in [1.54, 1.807) is 13.8 Å². The third kappa shape index (κ3) is 2.96. The van der Waals surface area contributed by atoms with Crippen molar-refractivity contribution in [1.29, 1.82) is 0 Å². The van der Waals surface area contributed by atoms with Gasteiger partial charge >= 0.3 is 11.9 Å². The molecule has 0 saturated heterocycles. The molecule has 6 nitrogen and oxygen atoms in total. The Hall–Kier alpha value is -1.43. The monoisotopic (exact) mass is 408 g/mol. The van der Waals surface area contributed by atoms with Gasteiger partial charge in [0.05, 0.1) is 25.6 Å². The standard InChI is InChI=1S/C23H36O6/c1-13(2)23(27)16(19(25)28-5)12-15-14(18(23)24)8-9-17-21(15,3)10-7-11-22(17,4)20(26)29-6/h13-17,27H,7-12H2,1-6H3. The Morgan fingerprint density at radius 1 is 1.10 bits per heavy atom. The highest BCUT2D eigenvalue weighted by Crippen LogP contribution is 2.65. The van der Waals surface area contributed by atoms with Crippen LogP contribution in [0.25, 0.3) is 0 Å². The van der Waals surface area contributed by atoms with Crippen LogP contribution in [0.4, 0.5) is 0 Å². The molecule has 0 heterocycles. The normalized spacial score (nSPS) is 44.6. The highest BCUT2D eigenvalue weighted by molar-refractivity contribution is 5.96. The maximum Gasteiger partial charge on any atom is 0.312 e. The Kier molecular flexibility index (Phi) is 5.65. The lowest BCUT2D eigenvalue weighted by molar-refractivity contribution is -0.201. The fourth-order valence-electron chi connectivity index (χ4n) is 7.24. The molecule has 0 bridgehead atoms. The third-order valence-corrected chi connectivity index (χ3v) is 8.85. The van der Waals surface area contributed by atoms with E-state index in [1.807, 2.05) is 6.92 Å². The number of esters is 2. The second-order valence-electron chi connectivity index (χ2n) is 10.3. The third-order valence-electron chi connectivity index (χ3n) is 8.85. The van der Waals surface area contributed by atoms with Crippen LogP contribution >= 0.6 is 0 Å². The van der Waals surface area contributed by atoms with Crippen LogP contribution in [0.1, 0.15) is 66.2 Å². The molecule has 3 aliphatic carbocycles. The van der Waals surface area contributed by atoms with Gasteiger partial charge in [-0.1, -0.05) is 27.2 Å². The summed E-state index contributed by atoms with van der Waals surface area (Å²) in [5.41, 5.74) is -2.54. The van der Waals surface area contributed by atoms with Crippen LogP contribution in [0.3, 0.4) is 0 Å². The molecule has 0 aliphatic heterocycles. The molecule has 0 spiro atoms. The van der Waals surface area contributed by atoms with Gasteiger partial charge in [0, 0.05) is 5.92 Å². The summed E-state index contributed by atoms with van der Waals surface area (Å²) in [7, 11) is 2.74. The van der Waals surface area contributed by atoms with Crippen molar-refractivity contribution in [2.75, 3.05) is 14.2 Å². The van der Waals surface area contributed by atoms with Gasteiger partial charge in [0.15, 0.2) is 5.78 Å². The van der Waals surface area contributed by atoms with E-state index in [0.717, 1.165) is 25.7 Å². The van der Waals surface area contributed by atoms with Crippen molar-refractivity contribution in [3.63, 3.8) is 0 Å². The molecule has 0 amide bonds. The Bertz CT molecular complexity index is 701. The Labute approximate surface area is 173 Å². The van der Waals surface area contributed by atoms with Gasteiger partial charge in [-0.15, -0.1) is 0 Å². The summed E-state index contributed by atoms with van der Waals surface area (Å²) in [6.07, 6.45) is 4.38. The first-order chi connectivity index (χ1) is 13.5. The number of carbonyl (C=O) groups excluding carboxylic acids is 3. The molecule has 3 rings (SSSR count). The van der Waals surface area contributed by atoms with Crippen LogP contribution in [0.2, 0.25) is 0 Å². The molecular formula is C23H36O6. The average molecular weight is 409 g/mol. The van der Waals surface area contributed by atoms with E-state index in [2.05, 4.69) is 6.92 Å². The molecule has 3 aliphatic rings. The molecule has 0 aromatic heterocycles. The number of aliphatic hydroxyl groups is 1. The number of Topliss-reactive ketones (excluding diaryl/α,β-unsaturated/α-hetero) is 1. The van der Waals surface area contributed by atoms with Crippen LogP contribution < -0.4 is 0 Å². The quantitative estimate of drug-likeness (QED) is 0.722. The maximum atomic E-state index is 13.6. The van der Waals surface area contributed by atoms with E-state index in [9.17, 15) is 19.5 Å². The van der Waals surface area contributed by atoms with E-state index in [1.165, 1.54) is 14.2 Å². The first-order valence-electron chi connectivity index (χ1n) is 10.9. The highest BCUT2D eigenvalue weighted by atomic mass is 16.5. The highest BCUT2D eigenvalue weighted by Gasteiger charge is 2.66. The number of rotatable bonds is 3. The van der Waals surface area contributed by atoms with Gasteiger partial charge in [0.2, 0.25) is 0 Å². The fourth-order valence-corrected chi connectivity index (χ4v) is 7.24. The summed E-state index contributed by atoms with van der Waals surface area (Å²) in [4.78, 5) is 38.9. The van der Waals surface area contributed by atoms with Crippen molar-refractivity contribution < 1.29 is 29.0 Å². The molecule has 7 atom stereocenters. The largest absolute Gasteiger partial charge is 0.469 e. The fraction of sp³-hybridized carbons (Fsp3) is 0.870. The summed E-state index contributed by atoms with van der Waals surface area (Å²) in [5, 5.41) is 11.4. The second-order valence-corrected chi connectivity index (χ2v) is 10.3. The first kappa shape index (κ1) is 22.3. The second kappa shape index (κ2) is 7.36. The molecule has 6 heteroatoms. The minimum absolute atomic E-state index is 0.0545. The minimum atomic E-state index is -1.70. The van der Waals surface area contributed by atoms with Gasteiger partial charge in [0.25, 0.3) is 0 Å². The van der Waals surface area contributed by atoms with Crippen LogP contribution in [-0.4, -0.2) is 42.6 Å². The number of ether oxygens (including phenoxy) is 2. The molecule has 3 saturated carbocycles. The molecular weight excluding hydrogens is 372 g/mol. The van der Waals surface area contributed by atoms with Crippen molar-refractivity contribution in [2.24, 2.45) is 40.4 Å². The van der Waals surface area contributed by atoms with Crippen molar-refractivity contribution >= 4 is 17.7 Å². The van der Waals surface area contributed by atoms with E-state index in [4.69, 9.17) is 9.47 Å². The zero-order valence-electron chi connectivity index (χ0n) is 18.6. The summed E-state index contributed by atoms with van der Waals surface area (Å²) >= 11 is 0. The predicted molar refractivity (Wildman–Crippen MR) is 107 cm³/mol. The molecule has 1 N–H and O–H groups in total. The summed E-state index contributed by atoms with van der Waals surface area (Å²) in [6.45, 7) is 7.75. The number of fused-ring (bicyclic) bond motifs is 3. The molecule has 29 heavy (non-hydrogen) atoms. The molecule has 7 unspecified atom stereocenters.